The number of amides is 1. The Bertz CT molecular complexity index is 338. The van der Waals surface area contributed by atoms with Crippen LogP contribution in [0.15, 0.2) is 0 Å². The first kappa shape index (κ1) is 16.6. The summed E-state index contributed by atoms with van der Waals surface area (Å²) in [5.74, 6) is 0.666. The summed E-state index contributed by atoms with van der Waals surface area (Å²) >= 11 is 0. The lowest BCUT2D eigenvalue weighted by Crippen LogP contribution is -2.45. The summed E-state index contributed by atoms with van der Waals surface area (Å²) in [6.07, 6.45) is 3.63. The largest absolute Gasteiger partial charge is 0.444 e. The number of likely N-dealkylation sites (tertiary alicyclic amines) is 2. The molecule has 0 unspecified atom stereocenters. The number of ether oxygens (including phenoxy) is 1. The maximum atomic E-state index is 12.0. The molecule has 2 fully saturated rings. The minimum atomic E-state index is -0.414. The lowest BCUT2D eigenvalue weighted by atomic mass is 9.95. The number of hydrogen-bond donors (Lipinski definition) is 1. The van der Waals surface area contributed by atoms with Crippen LogP contribution in [-0.2, 0) is 4.74 Å². The molecule has 0 bridgehead atoms. The summed E-state index contributed by atoms with van der Waals surface area (Å²) in [6, 6.07) is 0. The standard InChI is InChI=1S/C16H30N2O3/c1-16(2,3)21-15(20)18-10-4-13(5-11-18)12-17-8-6-14(19)7-9-17/h13-14,19H,4-12H2,1-3H3. The van der Waals surface area contributed by atoms with Gasteiger partial charge in [0.05, 0.1) is 6.10 Å². The Morgan fingerprint density at radius 2 is 1.67 bits per heavy atom. The molecule has 5 heteroatoms. The fourth-order valence-electron chi connectivity index (χ4n) is 3.09. The second kappa shape index (κ2) is 6.97. The van der Waals surface area contributed by atoms with Crippen LogP contribution in [0.4, 0.5) is 4.79 Å². The smallest absolute Gasteiger partial charge is 0.410 e. The number of rotatable bonds is 2. The summed E-state index contributed by atoms with van der Waals surface area (Å²) in [7, 11) is 0. The molecule has 0 aliphatic carbocycles. The molecule has 2 heterocycles. The minimum absolute atomic E-state index is 0.102. The molecule has 1 N–H and O–H groups in total. The summed E-state index contributed by atoms with van der Waals surface area (Å²) in [5, 5.41) is 9.54. The SMILES string of the molecule is CC(C)(C)OC(=O)N1CCC(CN2CCC(O)CC2)CC1. The first-order chi connectivity index (χ1) is 9.83. The molecule has 122 valence electrons. The van der Waals surface area contributed by atoms with Crippen molar-refractivity contribution in [1.82, 2.24) is 9.80 Å². The zero-order chi connectivity index (χ0) is 15.5. The van der Waals surface area contributed by atoms with Gasteiger partial charge in [0, 0.05) is 32.7 Å². The predicted molar refractivity (Wildman–Crippen MR) is 82.2 cm³/mol. The van der Waals surface area contributed by atoms with E-state index in [1.807, 2.05) is 25.7 Å². The van der Waals surface area contributed by atoms with Gasteiger partial charge in [0.25, 0.3) is 0 Å². The van der Waals surface area contributed by atoms with E-state index in [1.54, 1.807) is 0 Å². The van der Waals surface area contributed by atoms with Gasteiger partial charge in [-0.2, -0.15) is 0 Å². The van der Waals surface area contributed by atoms with Crippen molar-refractivity contribution in [1.29, 1.82) is 0 Å². The van der Waals surface area contributed by atoms with Crippen LogP contribution in [0.1, 0.15) is 46.5 Å². The van der Waals surface area contributed by atoms with Crippen LogP contribution in [0.5, 0.6) is 0 Å². The van der Waals surface area contributed by atoms with Gasteiger partial charge in [-0.25, -0.2) is 4.79 Å². The van der Waals surface area contributed by atoms with E-state index >= 15 is 0 Å². The number of carbonyl (C=O) groups excluding carboxylic acids is 1. The van der Waals surface area contributed by atoms with E-state index in [0.717, 1.165) is 58.4 Å². The summed E-state index contributed by atoms with van der Waals surface area (Å²) in [6.45, 7) is 10.4. The number of carbonyl (C=O) groups is 1. The second-order valence-electron chi connectivity index (χ2n) is 7.44. The van der Waals surface area contributed by atoms with Crippen molar-refractivity contribution in [3.63, 3.8) is 0 Å². The van der Waals surface area contributed by atoms with E-state index in [0.29, 0.717) is 5.92 Å². The molecule has 2 aliphatic heterocycles. The Kier molecular flexibility index (Phi) is 5.49. The number of hydrogen-bond acceptors (Lipinski definition) is 4. The Morgan fingerprint density at radius 1 is 1.10 bits per heavy atom. The monoisotopic (exact) mass is 298 g/mol. The normalized spacial score (nSPS) is 23.3. The highest BCUT2D eigenvalue weighted by atomic mass is 16.6. The molecule has 2 saturated heterocycles. The lowest BCUT2D eigenvalue weighted by molar-refractivity contribution is 0.0151. The zero-order valence-corrected chi connectivity index (χ0v) is 13.7. The van der Waals surface area contributed by atoms with Crippen LogP contribution in [0.3, 0.4) is 0 Å². The Morgan fingerprint density at radius 3 is 2.19 bits per heavy atom. The van der Waals surface area contributed by atoms with Gasteiger partial charge in [-0.3, -0.25) is 0 Å². The van der Waals surface area contributed by atoms with Gasteiger partial charge in [-0.15, -0.1) is 0 Å². The van der Waals surface area contributed by atoms with E-state index in [2.05, 4.69) is 4.90 Å². The fourth-order valence-corrected chi connectivity index (χ4v) is 3.09. The van der Waals surface area contributed by atoms with E-state index in [4.69, 9.17) is 4.74 Å². The van der Waals surface area contributed by atoms with Crippen LogP contribution in [0.2, 0.25) is 0 Å². The maximum absolute atomic E-state index is 12.0. The van der Waals surface area contributed by atoms with Gasteiger partial charge >= 0.3 is 6.09 Å². The Labute approximate surface area is 128 Å². The number of nitrogens with zero attached hydrogens (tertiary/aromatic N) is 2. The molecular weight excluding hydrogens is 268 g/mol. The zero-order valence-electron chi connectivity index (χ0n) is 13.7. The first-order valence-corrected chi connectivity index (χ1v) is 8.22. The molecule has 21 heavy (non-hydrogen) atoms. The fraction of sp³-hybridized carbons (Fsp3) is 0.938. The van der Waals surface area contributed by atoms with Gasteiger partial charge in [-0.1, -0.05) is 0 Å². The summed E-state index contributed by atoms with van der Waals surface area (Å²) < 4.78 is 5.42. The van der Waals surface area contributed by atoms with E-state index in [1.165, 1.54) is 0 Å². The molecule has 2 rings (SSSR count). The van der Waals surface area contributed by atoms with Crippen molar-refractivity contribution < 1.29 is 14.6 Å². The van der Waals surface area contributed by atoms with E-state index in [-0.39, 0.29) is 12.2 Å². The predicted octanol–water partition coefficient (Wildman–Crippen LogP) is 2.09. The molecule has 0 radical (unpaired) electrons. The molecule has 0 spiro atoms. The molecular formula is C16H30N2O3. The Balaban J connectivity index is 1.69. The van der Waals surface area contributed by atoms with E-state index in [9.17, 15) is 9.90 Å². The molecule has 0 atom stereocenters. The van der Waals surface area contributed by atoms with Gasteiger partial charge in [0.15, 0.2) is 0 Å². The van der Waals surface area contributed by atoms with Crippen molar-refractivity contribution in [3.05, 3.63) is 0 Å². The molecule has 0 aromatic heterocycles. The van der Waals surface area contributed by atoms with Crippen molar-refractivity contribution in [3.8, 4) is 0 Å². The van der Waals surface area contributed by atoms with Gasteiger partial charge in [-0.05, 0) is 52.4 Å². The molecule has 5 nitrogen and oxygen atoms in total. The quantitative estimate of drug-likeness (QED) is 0.848. The topological polar surface area (TPSA) is 53.0 Å². The molecule has 0 aromatic carbocycles. The third-order valence-electron chi connectivity index (χ3n) is 4.34. The molecule has 0 saturated carbocycles. The van der Waals surface area contributed by atoms with Crippen LogP contribution < -0.4 is 0 Å². The lowest BCUT2D eigenvalue weighted by Gasteiger charge is -2.37. The highest BCUT2D eigenvalue weighted by Gasteiger charge is 2.28. The highest BCUT2D eigenvalue weighted by molar-refractivity contribution is 5.68. The van der Waals surface area contributed by atoms with Gasteiger partial charge in [0.1, 0.15) is 5.60 Å². The van der Waals surface area contributed by atoms with Crippen molar-refractivity contribution >= 4 is 6.09 Å². The average molecular weight is 298 g/mol. The molecule has 2 aliphatic rings. The second-order valence-corrected chi connectivity index (χ2v) is 7.44. The highest BCUT2D eigenvalue weighted by Crippen LogP contribution is 2.22. The third kappa shape index (κ3) is 5.47. The van der Waals surface area contributed by atoms with Crippen molar-refractivity contribution in [2.24, 2.45) is 5.92 Å². The van der Waals surface area contributed by atoms with Crippen molar-refractivity contribution in [2.45, 2.75) is 58.2 Å². The van der Waals surface area contributed by atoms with E-state index < -0.39 is 5.60 Å². The minimum Gasteiger partial charge on any atom is -0.444 e. The van der Waals surface area contributed by atoms with Crippen LogP contribution in [0, 0.1) is 5.92 Å². The van der Waals surface area contributed by atoms with Crippen molar-refractivity contribution in [2.75, 3.05) is 32.7 Å². The number of aliphatic hydroxyl groups is 1. The Hall–Kier alpha value is -0.810. The summed E-state index contributed by atoms with van der Waals surface area (Å²) in [4.78, 5) is 16.3. The first-order valence-electron chi connectivity index (χ1n) is 8.22. The molecule has 0 aromatic rings. The van der Waals surface area contributed by atoms with Gasteiger partial charge < -0.3 is 19.6 Å². The molecule has 1 amide bonds. The average Bonchev–Trinajstić information content (AvgIpc) is 2.40. The third-order valence-corrected chi connectivity index (χ3v) is 4.34. The maximum Gasteiger partial charge on any atom is 0.410 e. The van der Waals surface area contributed by atoms with Crippen LogP contribution in [-0.4, -0.2) is 65.4 Å². The summed E-state index contributed by atoms with van der Waals surface area (Å²) in [5.41, 5.74) is -0.414. The van der Waals surface area contributed by atoms with Crippen LogP contribution in [0.25, 0.3) is 0 Å². The van der Waals surface area contributed by atoms with Crippen LogP contribution >= 0.6 is 0 Å². The number of piperidine rings is 2. The van der Waals surface area contributed by atoms with Gasteiger partial charge in [0.2, 0.25) is 0 Å². The number of aliphatic hydroxyl groups excluding tert-OH is 1.